The van der Waals surface area contributed by atoms with Gasteiger partial charge in [-0.2, -0.15) is 0 Å². The third-order valence-electron chi connectivity index (χ3n) is 3.84. The number of rotatable bonds is 7. The number of hydrogen-bond donors (Lipinski definition) is 1. The van der Waals surface area contributed by atoms with Gasteiger partial charge >= 0.3 is 0 Å². The van der Waals surface area contributed by atoms with Crippen molar-refractivity contribution in [1.82, 2.24) is 15.2 Å². The zero-order chi connectivity index (χ0) is 13.6. The standard InChI is InChI=1S/C15H27N3/c1-6-18(11-14-7-9-17-10-8-14)12-15(3,4)13(2)16-5/h7-10,13,16H,6,11-12H2,1-5H3. The molecule has 1 atom stereocenters. The summed E-state index contributed by atoms with van der Waals surface area (Å²) in [6, 6.07) is 4.69. The normalized spacial score (nSPS) is 13.9. The molecule has 0 saturated carbocycles. The van der Waals surface area contributed by atoms with Crippen molar-refractivity contribution in [3.8, 4) is 0 Å². The van der Waals surface area contributed by atoms with Gasteiger partial charge in [-0.15, -0.1) is 0 Å². The molecule has 0 aliphatic heterocycles. The summed E-state index contributed by atoms with van der Waals surface area (Å²) in [5.41, 5.74) is 1.59. The maximum Gasteiger partial charge on any atom is 0.0271 e. The zero-order valence-corrected chi connectivity index (χ0v) is 12.4. The van der Waals surface area contributed by atoms with Crippen LogP contribution in [0.1, 0.15) is 33.3 Å². The maximum atomic E-state index is 4.07. The predicted molar refractivity (Wildman–Crippen MR) is 77.5 cm³/mol. The highest BCUT2D eigenvalue weighted by molar-refractivity contribution is 5.09. The van der Waals surface area contributed by atoms with Gasteiger partial charge in [0.1, 0.15) is 0 Å². The monoisotopic (exact) mass is 249 g/mol. The van der Waals surface area contributed by atoms with Crippen LogP contribution in [0.5, 0.6) is 0 Å². The van der Waals surface area contributed by atoms with Crippen molar-refractivity contribution in [2.24, 2.45) is 5.41 Å². The number of hydrogen-bond acceptors (Lipinski definition) is 3. The average molecular weight is 249 g/mol. The molecule has 0 aliphatic carbocycles. The highest BCUT2D eigenvalue weighted by Gasteiger charge is 2.26. The van der Waals surface area contributed by atoms with Crippen LogP contribution in [0.4, 0.5) is 0 Å². The first-order valence-electron chi connectivity index (χ1n) is 6.78. The van der Waals surface area contributed by atoms with E-state index in [1.54, 1.807) is 0 Å². The zero-order valence-electron chi connectivity index (χ0n) is 12.4. The number of nitrogens with one attached hydrogen (secondary N) is 1. The van der Waals surface area contributed by atoms with E-state index in [9.17, 15) is 0 Å². The lowest BCUT2D eigenvalue weighted by molar-refractivity contribution is 0.145. The summed E-state index contributed by atoms with van der Waals surface area (Å²) in [5.74, 6) is 0. The lowest BCUT2D eigenvalue weighted by atomic mass is 9.84. The summed E-state index contributed by atoms with van der Waals surface area (Å²) >= 11 is 0. The van der Waals surface area contributed by atoms with Gasteiger partial charge in [-0.05, 0) is 43.6 Å². The van der Waals surface area contributed by atoms with E-state index in [1.165, 1.54) is 5.56 Å². The molecule has 0 fully saturated rings. The van der Waals surface area contributed by atoms with Crippen LogP contribution in [0, 0.1) is 5.41 Å². The summed E-state index contributed by atoms with van der Waals surface area (Å²) in [7, 11) is 2.03. The van der Waals surface area contributed by atoms with E-state index in [4.69, 9.17) is 0 Å². The average Bonchev–Trinajstić information content (AvgIpc) is 2.37. The van der Waals surface area contributed by atoms with Crippen LogP contribution in [0.2, 0.25) is 0 Å². The number of aromatic nitrogens is 1. The maximum absolute atomic E-state index is 4.07. The van der Waals surface area contributed by atoms with E-state index in [-0.39, 0.29) is 5.41 Å². The van der Waals surface area contributed by atoms with Crippen molar-refractivity contribution in [2.45, 2.75) is 40.3 Å². The van der Waals surface area contributed by atoms with Gasteiger partial charge in [0.25, 0.3) is 0 Å². The van der Waals surface area contributed by atoms with Crippen LogP contribution in [-0.2, 0) is 6.54 Å². The molecule has 102 valence electrons. The minimum absolute atomic E-state index is 0.262. The van der Waals surface area contributed by atoms with E-state index in [2.05, 4.69) is 55.0 Å². The Morgan fingerprint density at radius 3 is 2.44 bits per heavy atom. The van der Waals surface area contributed by atoms with E-state index < -0.39 is 0 Å². The van der Waals surface area contributed by atoms with Crippen LogP contribution in [0.3, 0.4) is 0 Å². The van der Waals surface area contributed by atoms with E-state index in [1.807, 2.05) is 19.4 Å². The summed E-state index contributed by atoms with van der Waals surface area (Å²) in [6.45, 7) is 12.3. The largest absolute Gasteiger partial charge is 0.317 e. The lowest BCUT2D eigenvalue weighted by Crippen LogP contribution is -2.45. The minimum Gasteiger partial charge on any atom is -0.317 e. The van der Waals surface area contributed by atoms with Gasteiger partial charge in [0.15, 0.2) is 0 Å². The lowest BCUT2D eigenvalue weighted by Gasteiger charge is -2.36. The Hall–Kier alpha value is -0.930. The first-order valence-corrected chi connectivity index (χ1v) is 6.78. The van der Waals surface area contributed by atoms with Gasteiger partial charge < -0.3 is 5.32 Å². The van der Waals surface area contributed by atoms with Gasteiger partial charge in [-0.1, -0.05) is 20.8 Å². The van der Waals surface area contributed by atoms with E-state index in [0.29, 0.717) is 6.04 Å². The third kappa shape index (κ3) is 4.39. The molecular weight excluding hydrogens is 222 g/mol. The van der Waals surface area contributed by atoms with Crippen LogP contribution in [0.25, 0.3) is 0 Å². The van der Waals surface area contributed by atoms with Gasteiger partial charge in [0.2, 0.25) is 0 Å². The molecule has 1 N–H and O–H groups in total. The van der Waals surface area contributed by atoms with Gasteiger partial charge in [-0.25, -0.2) is 0 Å². The molecule has 0 aliphatic rings. The molecule has 18 heavy (non-hydrogen) atoms. The molecule has 0 radical (unpaired) electrons. The fourth-order valence-corrected chi connectivity index (χ4v) is 2.13. The molecule has 0 bridgehead atoms. The Labute approximate surface area is 112 Å². The molecule has 0 aromatic carbocycles. The Kier molecular flexibility index (Phi) is 5.76. The smallest absolute Gasteiger partial charge is 0.0271 e. The molecule has 0 saturated heterocycles. The summed E-state index contributed by atoms with van der Waals surface area (Å²) in [6.07, 6.45) is 3.73. The van der Waals surface area contributed by atoms with E-state index >= 15 is 0 Å². The third-order valence-corrected chi connectivity index (χ3v) is 3.84. The van der Waals surface area contributed by atoms with E-state index in [0.717, 1.165) is 19.6 Å². The summed E-state index contributed by atoms with van der Waals surface area (Å²) in [5, 5.41) is 3.36. The van der Waals surface area contributed by atoms with Crippen LogP contribution < -0.4 is 5.32 Å². The fourth-order valence-electron chi connectivity index (χ4n) is 2.13. The highest BCUT2D eigenvalue weighted by atomic mass is 15.1. The molecule has 1 heterocycles. The van der Waals surface area contributed by atoms with Crippen LogP contribution in [0.15, 0.2) is 24.5 Å². The first kappa shape index (κ1) is 15.1. The second-order valence-electron chi connectivity index (χ2n) is 5.66. The van der Waals surface area contributed by atoms with Crippen LogP contribution in [-0.4, -0.2) is 36.1 Å². The topological polar surface area (TPSA) is 28.2 Å². The molecule has 1 aromatic heterocycles. The Morgan fingerprint density at radius 1 is 1.33 bits per heavy atom. The van der Waals surface area contributed by atoms with Crippen molar-refractivity contribution < 1.29 is 0 Å². The molecule has 0 amide bonds. The predicted octanol–water partition coefficient (Wildman–Crippen LogP) is 2.54. The fraction of sp³-hybridized carbons (Fsp3) is 0.667. The van der Waals surface area contributed by atoms with Crippen molar-refractivity contribution in [3.05, 3.63) is 30.1 Å². The van der Waals surface area contributed by atoms with Crippen molar-refractivity contribution in [1.29, 1.82) is 0 Å². The molecule has 3 nitrogen and oxygen atoms in total. The van der Waals surface area contributed by atoms with Gasteiger partial charge in [0.05, 0.1) is 0 Å². The minimum atomic E-state index is 0.262. The highest BCUT2D eigenvalue weighted by Crippen LogP contribution is 2.22. The molecule has 1 aromatic rings. The molecule has 3 heteroatoms. The Balaban J connectivity index is 2.62. The Morgan fingerprint density at radius 2 is 1.94 bits per heavy atom. The second kappa shape index (κ2) is 6.86. The molecular formula is C15H27N3. The van der Waals surface area contributed by atoms with Crippen molar-refractivity contribution in [3.63, 3.8) is 0 Å². The van der Waals surface area contributed by atoms with Crippen molar-refractivity contribution >= 4 is 0 Å². The quantitative estimate of drug-likeness (QED) is 0.805. The first-order chi connectivity index (χ1) is 8.49. The molecule has 1 rings (SSSR count). The summed E-state index contributed by atoms with van der Waals surface area (Å²) in [4.78, 5) is 6.56. The van der Waals surface area contributed by atoms with Crippen molar-refractivity contribution in [2.75, 3.05) is 20.1 Å². The summed E-state index contributed by atoms with van der Waals surface area (Å²) < 4.78 is 0. The molecule has 0 spiro atoms. The van der Waals surface area contributed by atoms with Gasteiger partial charge in [-0.3, -0.25) is 9.88 Å². The second-order valence-corrected chi connectivity index (χ2v) is 5.66. The number of pyridine rings is 1. The van der Waals surface area contributed by atoms with Gasteiger partial charge in [0, 0.05) is 31.5 Å². The Bertz CT molecular complexity index is 335. The SMILES string of the molecule is CCN(Cc1ccncc1)CC(C)(C)C(C)NC. The van der Waals surface area contributed by atoms with Crippen LogP contribution >= 0.6 is 0 Å². The molecule has 1 unspecified atom stereocenters. The number of nitrogens with zero attached hydrogens (tertiary/aromatic N) is 2.